The van der Waals surface area contributed by atoms with Gasteiger partial charge in [0, 0.05) is 39.4 Å². The molecule has 128 valence electrons. The number of nitrogens with zero attached hydrogens (tertiary/aromatic N) is 1. The Kier molecular flexibility index (Phi) is 5.14. The van der Waals surface area contributed by atoms with E-state index >= 15 is 0 Å². The van der Waals surface area contributed by atoms with Gasteiger partial charge in [-0.2, -0.15) is 0 Å². The molecule has 7 heteroatoms. The minimum atomic E-state index is -1.22. The molecule has 2 aromatic rings. The highest BCUT2D eigenvalue weighted by Crippen LogP contribution is 2.22. The van der Waals surface area contributed by atoms with Crippen LogP contribution in [0.1, 0.15) is 33.6 Å². The molecule has 1 aliphatic rings. The molecule has 2 aromatic carbocycles. The van der Waals surface area contributed by atoms with Crippen molar-refractivity contribution in [2.75, 3.05) is 12.3 Å². The van der Waals surface area contributed by atoms with Crippen LogP contribution in [0.3, 0.4) is 0 Å². The topological polar surface area (TPSA) is 85.5 Å². The molecular weight excluding hydrogens is 340 g/mol. The van der Waals surface area contributed by atoms with Gasteiger partial charge < -0.3 is 0 Å². The van der Waals surface area contributed by atoms with Gasteiger partial charge in [0.25, 0.3) is 17.5 Å². The molecule has 0 saturated carbocycles. The lowest BCUT2D eigenvalue weighted by Crippen LogP contribution is -2.55. The van der Waals surface area contributed by atoms with Crippen LogP contribution in [0, 0.1) is 4.91 Å². The van der Waals surface area contributed by atoms with E-state index in [0.29, 0.717) is 46.8 Å². The van der Waals surface area contributed by atoms with E-state index in [4.69, 9.17) is 0 Å². The Morgan fingerprint density at radius 3 is 2.24 bits per heavy atom. The summed E-state index contributed by atoms with van der Waals surface area (Å²) in [6.07, 6.45) is 1.19. The molecule has 0 spiro atoms. The number of nitrogens with one attached hydrogen (secondary N) is 1. The fourth-order valence-electron chi connectivity index (χ4n) is 2.76. The number of amides is 2. The molecule has 1 atom stereocenters. The second-order valence-electron chi connectivity index (χ2n) is 5.69. The average Bonchev–Trinajstić information content (AvgIpc) is 2.90. The Hall–Kier alpha value is -2.67. The number of imide groups is 1. The summed E-state index contributed by atoms with van der Waals surface area (Å²) in [6.45, 7) is 0.311. The van der Waals surface area contributed by atoms with E-state index in [2.05, 4.69) is 0 Å². The highest BCUT2D eigenvalue weighted by atomic mass is 32.2. The fraction of sp³-hybridized carbons (Fsp3) is 0.222. The summed E-state index contributed by atoms with van der Waals surface area (Å²) in [4.78, 5) is 37.0. The molecule has 1 unspecified atom stereocenters. The van der Waals surface area contributed by atoms with Crippen molar-refractivity contribution in [1.29, 1.82) is 0 Å². The van der Waals surface area contributed by atoms with Crippen molar-refractivity contribution in [2.24, 2.45) is 0 Å². The minimum Gasteiger partial charge on any atom is -0.274 e. The molecular formula is C18H17N2O4S+. The number of hydrogen-bond donors (Lipinski definition) is 1. The van der Waals surface area contributed by atoms with Gasteiger partial charge in [-0.3, -0.25) is 18.7 Å². The van der Waals surface area contributed by atoms with Crippen LogP contribution < -0.4 is 5.18 Å². The lowest BCUT2D eigenvalue weighted by atomic mass is 10.1. The number of carbonyl (C=O) groups is 2. The molecule has 1 heterocycles. The molecule has 0 saturated heterocycles. The van der Waals surface area contributed by atoms with Gasteiger partial charge in [-0.15, -0.1) is 0 Å². The van der Waals surface area contributed by atoms with Crippen molar-refractivity contribution in [2.45, 2.75) is 17.7 Å². The summed E-state index contributed by atoms with van der Waals surface area (Å²) >= 11 is 0. The zero-order chi connectivity index (χ0) is 17.8. The third kappa shape index (κ3) is 3.56. The lowest BCUT2D eigenvalue weighted by Gasteiger charge is -2.13. The van der Waals surface area contributed by atoms with Gasteiger partial charge in [-0.1, -0.05) is 18.2 Å². The van der Waals surface area contributed by atoms with E-state index in [1.807, 2.05) is 0 Å². The lowest BCUT2D eigenvalue weighted by molar-refractivity contribution is -0.379. The standard InChI is InChI=1S/C18H16N2O4S/c21-17-15-8-1-2-9-16(15)18(22)20(17)10-3-4-11-25(24)14-7-5-6-13(12-14)19-23/h1-2,5-9,12H,3-4,10-11H2/p+1. The molecule has 2 amide bonds. The van der Waals surface area contributed by atoms with Gasteiger partial charge in [0.05, 0.1) is 21.9 Å². The van der Waals surface area contributed by atoms with Crippen LogP contribution in [-0.4, -0.2) is 33.2 Å². The summed E-state index contributed by atoms with van der Waals surface area (Å²) in [5.74, 6) is -0.127. The molecule has 0 fully saturated rings. The molecule has 0 aromatic heterocycles. The van der Waals surface area contributed by atoms with Crippen LogP contribution in [0.4, 0.5) is 5.69 Å². The SMILES string of the molecule is O=[NH+]c1cccc(S(=O)CCCCN2C(=O)c3ccccc3C2=O)c1. The second kappa shape index (κ2) is 7.48. The first-order chi connectivity index (χ1) is 12.1. The number of rotatable bonds is 7. The van der Waals surface area contributed by atoms with E-state index in [1.54, 1.807) is 53.7 Å². The molecule has 0 aliphatic carbocycles. The smallest absolute Gasteiger partial charge is 0.261 e. The monoisotopic (exact) mass is 357 g/mol. The maximum atomic E-state index is 12.2. The van der Waals surface area contributed by atoms with Crippen LogP contribution in [0.25, 0.3) is 0 Å². The first-order valence-corrected chi connectivity index (χ1v) is 9.25. The molecule has 1 N–H and O–H groups in total. The maximum absolute atomic E-state index is 12.2. The van der Waals surface area contributed by atoms with Crippen molar-refractivity contribution >= 4 is 28.3 Å². The number of hydrogen-bond acceptors (Lipinski definition) is 4. The normalized spacial score (nSPS) is 14.5. The van der Waals surface area contributed by atoms with Gasteiger partial charge in [0.15, 0.2) is 0 Å². The minimum absolute atomic E-state index is 0.268. The third-order valence-corrected chi connectivity index (χ3v) is 5.49. The zero-order valence-corrected chi connectivity index (χ0v) is 14.3. The molecule has 3 rings (SSSR count). The van der Waals surface area contributed by atoms with Gasteiger partial charge >= 0.3 is 0 Å². The average molecular weight is 357 g/mol. The Bertz CT molecular complexity index is 831. The Labute approximate surface area is 147 Å². The van der Waals surface area contributed by atoms with Crippen LogP contribution in [0.15, 0.2) is 53.4 Å². The molecule has 1 aliphatic heterocycles. The summed E-state index contributed by atoms with van der Waals surface area (Å²) in [5, 5.41) is 1.78. The Morgan fingerprint density at radius 2 is 1.60 bits per heavy atom. The van der Waals surface area contributed by atoms with Crippen molar-refractivity contribution in [3.05, 3.63) is 64.6 Å². The number of benzene rings is 2. The molecule has 0 bridgehead atoms. The van der Waals surface area contributed by atoms with E-state index in [0.717, 1.165) is 0 Å². The van der Waals surface area contributed by atoms with Crippen molar-refractivity contribution in [1.82, 2.24) is 4.90 Å². The van der Waals surface area contributed by atoms with Gasteiger partial charge in [0.2, 0.25) is 0 Å². The number of fused-ring (bicyclic) bond motifs is 1. The van der Waals surface area contributed by atoms with Crippen LogP contribution >= 0.6 is 0 Å². The maximum Gasteiger partial charge on any atom is 0.261 e. The Balaban J connectivity index is 1.52. The van der Waals surface area contributed by atoms with Gasteiger partial charge in [-0.05, 0) is 31.0 Å². The number of carbonyl (C=O) groups excluding carboxylic acids is 2. The highest BCUT2D eigenvalue weighted by molar-refractivity contribution is 7.85. The summed E-state index contributed by atoms with van der Waals surface area (Å²) < 4.78 is 12.2. The zero-order valence-electron chi connectivity index (χ0n) is 13.4. The molecule has 6 nitrogen and oxygen atoms in total. The van der Waals surface area contributed by atoms with Crippen LogP contribution in [0.5, 0.6) is 0 Å². The quantitative estimate of drug-likeness (QED) is 0.599. The number of nitroso groups, excluding NO2 is 1. The van der Waals surface area contributed by atoms with Crippen molar-refractivity contribution < 1.29 is 19.0 Å². The fourth-order valence-corrected chi connectivity index (χ4v) is 3.96. The number of unbranched alkanes of at least 4 members (excludes halogenated alkanes) is 1. The second-order valence-corrected chi connectivity index (χ2v) is 7.26. The summed E-state index contributed by atoms with van der Waals surface area (Å²) in [6, 6.07) is 13.3. The summed E-state index contributed by atoms with van der Waals surface area (Å²) in [7, 11) is -1.22. The predicted octanol–water partition coefficient (Wildman–Crippen LogP) is 1.35. The van der Waals surface area contributed by atoms with E-state index < -0.39 is 10.8 Å². The predicted molar refractivity (Wildman–Crippen MR) is 92.8 cm³/mol. The van der Waals surface area contributed by atoms with Crippen molar-refractivity contribution in [3.63, 3.8) is 0 Å². The van der Waals surface area contributed by atoms with Crippen molar-refractivity contribution in [3.8, 4) is 0 Å². The first kappa shape index (κ1) is 17.2. The van der Waals surface area contributed by atoms with E-state index in [-0.39, 0.29) is 11.8 Å². The van der Waals surface area contributed by atoms with Gasteiger partial charge in [0.1, 0.15) is 0 Å². The first-order valence-electron chi connectivity index (χ1n) is 7.93. The van der Waals surface area contributed by atoms with Crippen LogP contribution in [-0.2, 0) is 10.8 Å². The Morgan fingerprint density at radius 1 is 0.920 bits per heavy atom. The largest absolute Gasteiger partial charge is 0.274 e. The van der Waals surface area contributed by atoms with E-state index in [9.17, 15) is 18.7 Å². The third-order valence-electron chi connectivity index (χ3n) is 4.05. The van der Waals surface area contributed by atoms with Gasteiger partial charge in [-0.25, -0.2) is 0 Å². The van der Waals surface area contributed by atoms with Crippen LogP contribution in [0.2, 0.25) is 0 Å². The molecule has 25 heavy (non-hydrogen) atoms. The van der Waals surface area contributed by atoms with E-state index in [1.165, 1.54) is 4.90 Å². The summed E-state index contributed by atoms with van der Waals surface area (Å²) in [5.41, 5.74) is 1.26. The molecule has 0 radical (unpaired) electrons. The highest BCUT2D eigenvalue weighted by Gasteiger charge is 2.34.